The predicted molar refractivity (Wildman–Crippen MR) is 145 cm³/mol. The summed E-state index contributed by atoms with van der Waals surface area (Å²) in [4.78, 5) is 31.9. The first-order chi connectivity index (χ1) is 15.8. The summed E-state index contributed by atoms with van der Waals surface area (Å²) in [6.45, 7) is 8.79. The molecule has 0 radical (unpaired) electrons. The van der Waals surface area contributed by atoms with Gasteiger partial charge in [-0.15, -0.1) is 36.2 Å². The monoisotopic (exact) mass is 550 g/mol. The van der Waals surface area contributed by atoms with Gasteiger partial charge in [-0.3, -0.25) is 19.8 Å². The lowest BCUT2D eigenvalue weighted by Gasteiger charge is -2.26. The van der Waals surface area contributed by atoms with E-state index in [1.54, 1.807) is 11.4 Å². The van der Waals surface area contributed by atoms with Crippen molar-refractivity contribution >= 4 is 53.1 Å². The van der Waals surface area contributed by atoms with Crippen molar-refractivity contribution in [3.05, 3.63) is 28.8 Å². The van der Waals surface area contributed by atoms with Crippen LogP contribution in [-0.4, -0.2) is 68.7 Å². The average Bonchev–Trinajstić information content (AvgIpc) is 3.28. The normalized spacial score (nSPS) is 10.3. The van der Waals surface area contributed by atoms with Gasteiger partial charge in [-0.25, -0.2) is 4.98 Å². The lowest BCUT2D eigenvalue weighted by Crippen LogP contribution is -2.39. The number of benzene rings is 1. The Balaban J connectivity index is 0.00000578. The molecule has 0 spiro atoms. The van der Waals surface area contributed by atoms with Crippen LogP contribution in [0, 0.1) is 0 Å². The molecular weight excluding hydrogens is 515 g/mol. The molecular formula is C23H36Cl2N4O5S. The molecule has 198 valence electrons. The summed E-state index contributed by atoms with van der Waals surface area (Å²) in [5.41, 5.74) is 0.524. The van der Waals surface area contributed by atoms with E-state index in [4.69, 9.17) is 14.2 Å². The number of rotatable bonds is 13. The van der Waals surface area contributed by atoms with Crippen LogP contribution in [0.1, 0.15) is 54.5 Å². The minimum absolute atomic E-state index is 0. The average molecular weight is 552 g/mol. The van der Waals surface area contributed by atoms with Gasteiger partial charge in [0.2, 0.25) is 0 Å². The largest absolute Gasteiger partial charge is 0.496 e. The van der Waals surface area contributed by atoms with Crippen molar-refractivity contribution in [3.63, 3.8) is 0 Å². The molecule has 12 heteroatoms. The van der Waals surface area contributed by atoms with Crippen LogP contribution in [0.2, 0.25) is 0 Å². The third kappa shape index (κ3) is 9.36. The number of unbranched alkanes of at least 4 members (excludes halogenated alkanes) is 1. The van der Waals surface area contributed by atoms with E-state index in [0.717, 1.165) is 25.9 Å². The summed E-state index contributed by atoms with van der Waals surface area (Å²) < 4.78 is 15.8. The molecule has 35 heavy (non-hydrogen) atoms. The van der Waals surface area contributed by atoms with Crippen LogP contribution in [0.4, 0.5) is 5.13 Å². The Bertz CT molecular complexity index is 943. The molecule has 9 nitrogen and oxygen atoms in total. The molecule has 0 bridgehead atoms. The van der Waals surface area contributed by atoms with E-state index in [1.807, 2.05) is 0 Å². The molecule has 0 fully saturated rings. The van der Waals surface area contributed by atoms with Crippen molar-refractivity contribution in [2.24, 2.45) is 0 Å². The van der Waals surface area contributed by atoms with Crippen LogP contribution in [0.5, 0.6) is 17.2 Å². The number of hydrogen-bond acceptors (Lipinski definition) is 8. The fourth-order valence-electron chi connectivity index (χ4n) is 3.20. The SMILES string of the molecule is CCCCN(CCNC(=O)c1csc(NC(=O)c2cc(OC)c(OC)cc2OC)n1)C(C)C.Cl.Cl. The molecule has 0 aliphatic heterocycles. The van der Waals surface area contributed by atoms with E-state index in [0.29, 0.717) is 35.0 Å². The minimum Gasteiger partial charge on any atom is -0.496 e. The summed E-state index contributed by atoms with van der Waals surface area (Å²) in [6.07, 6.45) is 2.27. The molecule has 2 amide bonds. The van der Waals surface area contributed by atoms with Crippen LogP contribution >= 0.6 is 36.2 Å². The van der Waals surface area contributed by atoms with E-state index in [9.17, 15) is 9.59 Å². The molecule has 0 saturated carbocycles. The number of thiazole rings is 1. The number of aromatic nitrogens is 1. The second-order valence-electron chi connectivity index (χ2n) is 7.64. The highest BCUT2D eigenvalue weighted by Crippen LogP contribution is 2.35. The van der Waals surface area contributed by atoms with Gasteiger partial charge in [0.05, 0.1) is 26.9 Å². The maximum absolute atomic E-state index is 12.8. The number of hydrogen-bond donors (Lipinski definition) is 2. The Kier molecular flexibility index (Phi) is 15.3. The van der Waals surface area contributed by atoms with Crippen molar-refractivity contribution in [1.82, 2.24) is 15.2 Å². The Labute approximate surface area is 223 Å². The molecule has 0 unspecified atom stereocenters. The smallest absolute Gasteiger partial charge is 0.270 e. The quantitative estimate of drug-likeness (QED) is 0.378. The van der Waals surface area contributed by atoms with Crippen LogP contribution in [0.25, 0.3) is 0 Å². The molecule has 0 aliphatic rings. The minimum atomic E-state index is -0.433. The number of nitrogens with one attached hydrogen (secondary N) is 2. The maximum atomic E-state index is 12.8. The second-order valence-corrected chi connectivity index (χ2v) is 8.50. The van der Waals surface area contributed by atoms with E-state index in [1.165, 1.54) is 38.7 Å². The lowest BCUT2D eigenvalue weighted by molar-refractivity contribution is 0.0939. The summed E-state index contributed by atoms with van der Waals surface area (Å²) >= 11 is 1.18. The number of nitrogens with zero attached hydrogens (tertiary/aromatic N) is 2. The third-order valence-corrected chi connectivity index (χ3v) is 5.88. The molecule has 2 aromatic rings. The molecule has 0 atom stereocenters. The molecule has 2 N–H and O–H groups in total. The first kappa shape index (κ1) is 32.7. The maximum Gasteiger partial charge on any atom is 0.270 e. The first-order valence-corrected chi connectivity index (χ1v) is 11.8. The molecule has 1 aromatic heterocycles. The van der Waals surface area contributed by atoms with Crippen molar-refractivity contribution in [2.45, 2.75) is 39.7 Å². The van der Waals surface area contributed by atoms with Gasteiger partial charge in [0, 0.05) is 36.6 Å². The van der Waals surface area contributed by atoms with Gasteiger partial charge in [0.25, 0.3) is 11.8 Å². The summed E-state index contributed by atoms with van der Waals surface area (Å²) in [6, 6.07) is 3.53. The highest BCUT2D eigenvalue weighted by molar-refractivity contribution is 7.14. The fourth-order valence-corrected chi connectivity index (χ4v) is 3.89. The third-order valence-electron chi connectivity index (χ3n) is 5.12. The summed E-state index contributed by atoms with van der Waals surface area (Å²) in [5.74, 6) is 0.478. The van der Waals surface area contributed by atoms with Crippen LogP contribution < -0.4 is 24.8 Å². The van der Waals surface area contributed by atoms with Crippen LogP contribution in [0.15, 0.2) is 17.5 Å². The number of anilines is 1. The van der Waals surface area contributed by atoms with Crippen molar-refractivity contribution in [1.29, 1.82) is 0 Å². The van der Waals surface area contributed by atoms with Crippen LogP contribution in [-0.2, 0) is 0 Å². The van der Waals surface area contributed by atoms with Crippen molar-refractivity contribution < 1.29 is 23.8 Å². The number of carbonyl (C=O) groups is 2. The van der Waals surface area contributed by atoms with Gasteiger partial charge in [-0.05, 0) is 26.8 Å². The topological polar surface area (TPSA) is 102 Å². The number of amides is 2. The van der Waals surface area contributed by atoms with Crippen molar-refractivity contribution in [2.75, 3.05) is 46.3 Å². The molecule has 0 saturated heterocycles. The van der Waals surface area contributed by atoms with Crippen LogP contribution in [0.3, 0.4) is 0 Å². The van der Waals surface area contributed by atoms with E-state index in [-0.39, 0.29) is 42.0 Å². The molecule has 1 heterocycles. The van der Waals surface area contributed by atoms with Gasteiger partial charge in [0.1, 0.15) is 11.4 Å². The summed E-state index contributed by atoms with van der Waals surface area (Å²) in [5, 5.41) is 7.55. The predicted octanol–water partition coefficient (Wildman–Crippen LogP) is 4.51. The number of methoxy groups -OCH3 is 3. The summed E-state index contributed by atoms with van der Waals surface area (Å²) in [7, 11) is 4.46. The number of carbonyl (C=O) groups excluding carboxylic acids is 2. The second kappa shape index (κ2) is 16.4. The molecule has 1 aromatic carbocycles. The zero-order valence-corrected chi connectivity index (χ0v) is 23.5. The Morgan fingerprint density at radius 2 is 1.63 bits per heavy atom. The van der Waals surface area contributed by atoms with Gasteiger partial charge in [0.15, 0.2) is 16.6 Å². The number of ether oxygens (including phenoxy) is 3. The zero-order chi connectivity index (χ0) is 24.4. The number of halogens is 2. The Morgan fingerprint density at radius 3 is 2.20 bits per heavy atom. The van der Waals surface area contributed by atoms with Crippen molar-refractivity contribution in [3.8, 4) is 17.2 Å². The fraction of sp³-hybridized carbons (Fsp3) is 0.522. The Morgan fingerprint density at radius 1 is 1.00 bits per heavy atom. The van der Waals surface area contributed by atoms with E-state index in [2.05, 4.69) is 41.3 Å². The van der Waals surface area contributed by atoms with E-state index >= 15 is 0 Å². The van der Waals surface area contributed by atoms with Gasteiger partial charge < -0.3 is 19.5 Å². The highest BCUT2D eigenvalue weighted by Gasteiger charge is 2.20. The van der Waals surface area contributed by atoms with E-state index < -0.39 is 5.91 Å². The lowest BCUT2D eigenvalue weighted by atomic mass is 10.1. The highest BCUT2D eigenvalue weighted by atomic mass is 35.5. The first-order valence-electron chi connectivity index (χ1n) is 10.9. The standard InChI is InChI=1S/C23H34N4O5S.2ClH/c1-7-8-10-27(15(2)3)11-9-24-22(29)17-14-33-23(25-17)26-21(28)16-12-19(31-5)20(32-6)13-18(16)30-4;;/h12-15H,7-11H2,1-6H3,(H,24,29)(H,25,26,28);2*1H. The van der Waals surface area contributed by atoms with Gasteiger partial charge in [-0.1, -0.05) is 13.3 Å². The zero-order valence-electron chi connectivity index (χ0n) is 21.0. The van der Waals surface area contributed by atoms with Gasteiger partial charge in [-0.2, -0.15) is 0 Å². The Hall–Kier alpha value is -2.27. The molecule has 0 aliphatic carbocycles. The van der Waals surface area contributed by atoms with Gasteiger partial charge >= 0.3 is 0 Å². The molecule has 2 rings (SSSR count).